The molecule has 0 bridgehead atoms. The molecule has 0 atom stereocenters. The van der Waals surface area contributed by atoms with Crippen LogP contribution in [-0.2, 0) is 4.74 Å². The van der Waals surface area contributed by atoms with E-state index in [1.165, 1.54) is 0 Å². The van der Waals surface area contributed by atoms with Crippen LogP contribution in [-0.4, -0.2) is 31.3 Å². The molecule has 4 heteroatoms. The number of nitrogens with one attached hydrogen (secondary N) is 2. The summed E-state index contributed by atoms with van der Waals surface area (Å²) in [5, 5.41) is 6.55. The van der Waals surface area contributed by atoms with Crippen molar-refractivity contribution < 1.29 is 4.74 Å². The summed E-state index contributed by atoms with van der Waals surface area (Å²) in [4.78, 5) is 4.16. The molecule has 0 spiro atoms. The zero-order valence-corrected chi connectivity index (χ0v) is 10.1. The Bertz CT molecular complexity index is 291. The Labute approximate surface area is 97.4 Å². The maximum Gasteiger partial charge on any atom is 0.0547 e. The number of pyridine rings is 1. The van der Waals surface area contributed by atoms with Gasteiger partial charge in [-0.3, -0.25) is 4.98 Å². The van der Waals surface area contributed by atoms with Gasteiger partial charge in [-0.2, -0.15) is 0 Å². The average molecular weight is 223 g/mol. The summed E-state index contributed by atoms with van der Waals surface area (Å²) in [5.74, 6) is 0. The number of hydrogen-bond donors (Lipinski definition) is 2. The molecule has 0 aliphatic carbocycles. The maximum atomic E-state index is 5.27. The lowest BCUT2D eigenvalue weighted by Gasteiger charge is -2.08. The van der Waals surface area contributed by atoms with E-state index in [-0.39, 0.29) is 0 Å². The van der Waals surface area contributed by atoms with E-state index in [4.69, 9.17) is 4.74 Å². The van der Waals surface area contributed by atoms with Gasteiger partial charge >= 0.3 is 0 Å². The number of aromatic nitrogens is 1. The quantitative estimate of drug-likeness (QED) is 0.664. The lowest BCUT2D eigenvalue weighted by molar-refractivity contribution is 0.147. The summed E-state index contributed by atoms with van der Waals surface area (Å²) in [5.41, 5.74) is 2.10. The first kappa shape index (κ1) is 12.8. The molecule has 0 fully saturated rings. The standard InChI is InChI=1S/C12H21N3O/c1-3-14-11-8-12(10-13-9-11)15-6-5-7-16-4-2/h8-10,14-15H,3-7H2,1-2H3. The van der Waals surface area contributed by atoms with Crippen molar-refractivity contribution in [3.63, 3.8) is 0 Å². The van der Waals surface area contributed by atoms with Gasteiger partial charge in [0.15, 0.2) is 0 Å². The van der Waals surface area contributed by atoms with Gasteiger partial charge in [-0.1, -0.05) is 0 Å². The minimum absolute atomic E-state index is 0.789. The van der Waals surface area contributed by atoms with E-state index >= 15 is 0 Å². The third kappa shape index (κ3) is 4.98. The largest absolute Gasteiger partial charge is 0.384 e. The molecule has 2 N–H and O–H groups in total. The van der Waals surface area contributed by atoms with Gasteiger partial charge in [0.2, 0.25) is 0 Å². The lowest BCUT2D eigenvalue weighted by atomic mass is 10.3. The van der Waals surface area contributed by atoms with Gasteiger partial charge < -0.3 is 15.4 Å². The minimum atomic E-state index is 0.789. The van der Waals surface area contributed by atoms with Gasteiger partial charge in [-0.15, -0.1) is 0 Å². The molecule has 0 aliphatic heterocycles. The van der Waals surface area contributed by atoms with E-state index < -0.39 is 0 Å². The van der Waals surface area contributed by atoms with Crippen LogP contribution < -0.4 is 10.6 Å². The fourth-order valence-electron chi connectivity index (χ4n) is 1.39. The third-order valence-corrected chi connectivity index (χ3v) is 2.12. The molecule has 0 aromatic carbocycles. The molecule has 0 amide bonds. The third-order valence-electron chi connectivity index (χ3n) is 2.12. The molecular weight excluding hydrogens is 202 g/mol. The van der Waals surface area contributed by atoms with Crippen LogP contribution in [0, 0.1) is 0 Å². The topological polar surface area (TPSA) is 46.2 Å². The SMILES string of the molecule is CCNc1cncc(NCCCOCC)c1. The first-order valence-corrected chi connectivity index (χ1v) is 5.87. The highest BCUT2D eigenvalue weighted by Gasteiger charge is 1.95. The minimum Gasteiger partial charge on any atom is -0.384 e. The second kappa shape index (κ2) is 7.93. The zero-order chi connectivity index (χ0) is 11.6. The number of anilines is 2. The van der Waals surface area contributed by atoms with Crippen LogP contribution in [0.5, 0.6) is 0 Å². The molecule has 16 heavy (non-hydrogen) atoms. The number of ether oxygens (including phenoxy) is 1. The highest BCUT2D eigenvalue weighted by Crippen LogP contribution is 2.12. The first-order chi connectivity index (χ1) is 7.86. The van der Waals surface area contributed by atoms with Gasteiger partial charge in [0, 0.05) is 26.3 Å². The summed E-state index contributed by atoms with van der Waals surface area (Å²) in [7, 11) is 0. The van der Waals surface area contributed by atoms with Crippen LogP contribution in [0.15, 0.2) is 18.5 Å². The molecular formula is C12H21N3O. The van der Waals surface area contributed by atoms with E-state index in [1.54, 1.807) is 0 Å². The molecule has 0 saturated heterocycles. The van der Waals surface area contributed by atoms with E-state index in [0.29, 0.717) is 0 Å². The second-order valence-corrected chi connectivity index (χ2v) is 3.47. The molecule has 0 aliphatic rings. The van der Waals surface area contributed by atoms with Crippen molar-refractivity contribution in [2.75, 3.05) is 36.9 Å². The van der Waals surface area contributed by atoms with Crippen molar-refractivity contribution in [1.29, 1.82) is 0 Å². The van der Waals surface area contributed by atoms with E-state index in [0.717, 1.165) is 44.1 Å². The Hall–Kier alpha value is -1.29. The zero-order valence-electron chi connectivity index (χ0n) is 10.1. The van der Waals surface area contributed by atoms with Crippen LogP contribution in [0.1, 0.15) is 20.3 Å². The molecule has 4 nitrogen and oxygen atoms in total. The molecule has 0 saturated carbocycles. The van der Waals surface area contributed by atoms with Crippen LogP contribution in [0.2, 0.25) is 0 Å². The molecule has 1 rings (SSSR count). The predicted molar refractivity (Wildman–Crippen MR) is 68.0 cm³/mol. The van der Waals surface area contributed by atoms with E-state index in [2.05, 4.69) is 28.6 Å². The Balaban J connectivity index is 2.27. The Morgan fingerprint density at radius 1 is 1.19 bits per heavy atom. The second-order valence-electron chi connectivity index (χ2n) is 3.47. The number of hydrogen-bond acceptors (Lipinski definition) is 4. The molecule has 90 valence electrons. The van der Waals surface area contributed by atoms with Crippen molar-refractivity contribution in [3.8, 4) is 0 Å². The average Bonchev–Trinajstić information content (AvgIpc) is 2.30. The molecule has 1 aromatic rings. The van der Waals surface area contributed by atoms with Crippen molar-refractivity contribution in [1.82, 2.24) is 4.98 Å². The van der Waals surface area contributed by atoms with Crippen LogP contribution in [0.3, 0.4) is 0 Å². The van der Waals surface area contributed by atoms with Crippen molar-refractivity contribution in [2.24, 2.45) is 0 Å². The highest BCUT2D eigenvalue weighted by molar-refractivity contribution is 5.53. The summed E-state index contributed by atoms with van der Waals surface area (Å²) < 4.78 is 5.27. The summed E-state index contributed by atoms with van der Waals surface area (Å²) >= 11 is 0. The van der Waals surface area contributed by atoms with Gasteiger partial charge in [0.1, 0.15) is 0 Å². The van der Waals surface area contributed by atoms with Crippen LogP contribution in [0.4, 0.5) is 11.4 Å². The maximum absolute atomic E-state index is 5.27. The fourth-order valence-corrected chi connectivity index (χ4v) is 1.39. The highest BCUT2D eigenvalue weighted by atomic mass is 16.5. The van der Waals surface area contributed by atoms with E-state index in [9.17, 15) is 0 Å². The van der Waals surface area contributed by atoms with Gasteiger partial charge in [-0.05, 0) is 26.3 Å². The summed E-state index contributed by atoms with van der Waals surface area (Å²) in [6.45, 7) is 7.51. The van der Waals surface area contributed by atoms with Crippen LogP contribution in [0.25, 0.3) is 0 Å². The molecule has 0 radical (unpaired) electrons. The predicted octanol–water partition coefficient (Wildman–Crippen LogP) is 2.35. The van der Waals surface area contributed by atoms with Crippen LogP contribution >= 0.6 is 0 Å². The number of nitrogens with zero attached hydrogens (tertiary/aromatic N) is 1. The molecule has 1 heterocycles. The smallest absolute Gasteiger partial charge is 0.0547 e. The Kier molecular flexibility index (Phi) is 6.33. The lowest BCUT2D eigenvalue weighted by Crippen LogP contribution is -2.06. The monoisotopic (exact) mass is 223 g/mol. The fraction of sp³-hybridized carbons (Fsp3) is 0.583. The summed E-state index contributed by atoms with van der Waals surface area (Å²) in [6.07, 6.45) is 4.68. The van der Waals surface area contributed by atoms with Gasteiger partial charge in [0.05, 0.1) is 23.8 Å². The van der Waals surface area contributed by atoms with Gasteiger partial charge in [-0.25, -0.2) is 0 Å². The van der Waals surface area contributed by atoms with Crippen molar-refractivity contribution >= 4 is 11.4 Å². The molecule has 1 aromatic heterocycles. The normalized spacial score (nSPS) is 10.1. The molecule has 0 unspecified atom stereocenters. The first-order valence-electron chi connectivity index (χ1n) is 5.87. The Morgan fingerprint density at radius 2 is 1.94 bits per heavy atom. The van der Waals surface area contributed by atoms with Crippen molar-refractivity contribution in [2.45, 2.75) is 20.3 Å². The van der Waals surface area contributed by atoms with E-state index in [1.807, 2.05) is 19.3 Å². The Morgan fingerprint density at radius 3 is 2.62 bits per heavy atom. The number of rotatable bonds is 8. The summed E-state index contributed by atoms with van der Waals surface area (Å²) in [6, 6.07) is 2.07. The van der Waals surface area contributed by atoms with Gasteiger partial charge in [0.25, 0.3) is 0 Å². The van der Waals surface area contributed by atoms with Crippen molar-refractivity contribution in [3.05, 3.63) is 18.5 Å².